The summed E-state index contributed by atoms with van der Waals surface area (Å²) in [5.74, 6) is 1.37. The van der Waals surface area contributed by atoms with Crippen LogP contribution in [0.4, 0.5) is 0 Å². The number of aliphatic hydroxyl groups excluding tert-OH is 4. The van der Waals surface area contributed by atoms with E-state index in [1.54, 1.807) is 0 Å². The number of aliphatic hydroxyl groups is 4. The predicted octanol–water partition coefficient (Wildman–Crippen LogP) is 2.01. The topological polar surface area (TPSA) is 170 Å². The Bertz CT molecular complexity index is 1240. The standard InChI is InChI=1S/C33H52N4O8/c1-20(2)26-24(30(36-35-26)45-31-29(41)28(40)27(39)25(19-38)44-31)18-22-9-10-23(17-21(22)3)43-16-8-6-7-11-33(4,5)32(42)37-14-12-34-13-15-37/h9-10,17,20,25,27-29,31,34,38-41H,6-8,11-16,18-19H2,1-5H3,(H,35,36)/t25-,27-,28+,29-,31+/m1/s1. The van der Waals surface area contributed by atoms with Crippen LogP contribution in [0.1, 0.15) is 81.7 Å². The summed E-state index contributed by atoms with van der Waals surface area (Å²) in [5.41, 5.74) is 3.38. The minimum absolute atomic E-state index is 0.105. The van der Waals surface area contributed by atoms with Gasteiger partial charge in [0.15, 0.2) is 0 Å². The van der Waals surface area contributed by atoms with E-state index in [0.29, 0.717) is 13.0 Å². The molecule has 6 N–H and O–H groups in total. The summed E-state index contributed by atoms with van der Waals surface area (Å²) in [7, 11) is 0. The van der Waals surface area contributed by atoms with E-state index in [4.69, 9.17) is 14.2 Å². The average Bonchev–Trinajstić information content (AvgIpc) is 3.42. The van der Waals surface area contributed by atoms with Crippen LogP contribution in [0.15, 0.2) is 18.2 Å². The van der Waals surface area contributed by atoms with Crippen molar-refractivity contribution >= 4 is 5.91 Å². The molecule has 3 heterocycles. The van der Waals surface area contributed by atoms with Crippen molar-refractivity contribution in [3.8, 4) is 11.6 Å². The summed E-state index contributed by atoms with van der Waals surface area (Å²) in [5, 5.41) is 50.9. The van der Waals surface area contributed by atoms with Gasteiger partial charge >= 0.3 is 0 Å². The van der Waals surface area contributed by atoms with Gasteiger partial charge in [-0.15, -0.1) is 5.10 Å². The Labute approximate surface area is 266 Å². The molecule has 0 unspecified atom stereocenters. The van der Waals surface area contributed by atoms with E-state index in [1.165, 1.54) is 0 Å². The van der Waals surface area contributed by atoms with Crippen molar-refractivity contribution < 1.29 is 39.4 Å². The Hall–Kier alpha value is -2.74. The molecule has 45 heavy (non-hydrogen) atoms. The Kier molecular flexibility index (Phi) is 12.3. The molecule has 0 radical (unpaired) electrons. The van der Waals surface area contributed by atoms with Gasteiger partial charge in [-0.1, -0.05) is 46.6 Å². The van der Waals surface area contributed by atoms with Crippen molar-refractivity contribution in [2.45, 2.75) is 103 Å². The highest BCUT2D eigenvalue weighted by atomic mass is 16.7. The zero-order valence-corrected chi connectivity index (χ0v) is 27.3. The number of H-pyrrole nitrogens is 1. The van der Waals surface area contributed by atoms with Gasteiger partial charge in [-0.05, 0) is 48.9 Å². The lowest BCUT2D eigenvalue weighted by Crippen LogP contribution is -2.60. The molecule has 1 aromatic heterocycles. The molecule has 4 rings (SSSR count). The fourth-order valence-electron chi connectivity index (χ4n) is 5.97. The van der Waals surface area contributed by atoms with Gasteiger partial charge < -0.3 is 44.9 Å². The van der Waals surface area contributed by atoms with E-state index in [1.807, 2.05) is 43.9 Å². The number of piperazine rings is 1. The van der Waals surface area contributed by atoms with E-state index >= 15 is 0 Å². The Morgan fingerprint density at radius 2 is 1.84 bits per heavy atom. The summed E-state index contributed by atoms with van der Waals surface area (Å²) in [4.78, 5) is 14.9. The number of nitrogens with one attached hydrogen (secondary N) is 2. The number of amides is 1. The van der Waals surface area contributed by atoms with Crippen molar-refractivity contribution in [1.82, 2.24) is 20.4 Å². The monoisotopic (exact) mass is 632 g/mol. The zero-order chi connectivity index (χ0) is 32.7. The van der Waals surface area contributed by atoms with Crippen LogP contribution in [-0.4, -0.2) is 112 Å². The first-order chi connectivity index (χ1) is 21.4. The fourth-order valence-corrected chi connectivity index (χ4v) is 5.97. The third kappa shape index (κ3) is 8.75. The van der Waals surface area contributed by atoms with Gasteiger partial charge in [0, 0.05) is 49.3 Å². The molecule has 12 nitrogen and oxygen atoms in total. The second kappa shape index (κ2) is 15.7. The number of aromatic nitrogens is 2. The van der Waals surface area contributed by atoms with Gasteiger partial charge in [0.05, 0.1) is 13.2 Å². The molecule has 2 aliphatic heterocycles. The normalized spacial score (nSPS) is 24.2. The van der Waals surface area contributed by atoms with Gasteiger partial charge in [0.25, 0.3) is 0 Å². The van der Waals surface area contributed by atoms with Crippen LogP contribution < -0.4 is 14.8 Å². The molecule has 2 aliphatic rings. The summed E-state index contributed by atoms with van der Waals surface area (Å²) in [6, 6.07) is 5.98. The maximum absolute atomic E-state index is 12.9. The highest BCUT2D eigenvalue weighted by Gasteiger charge is 2.45. The smallest absolute Gasteiger partial charge is 0.238 e. The van der Waals surface area contributed by atoms with Gasteiger partial charge in [-0.3, -0.25) is 9.89 Å². The third-order valence-electron chi connectivity index (χ3n) is 8.89. The van der Waals surface area contributed by atoms with E-state index in [-0.39, 0.29) is 23.1 Å². The highest BCUT2D eigenvalue weighted by molar-refractivity contribution is 5.82. The summed E-state index contributed by atoms with van der Waals surface area (Å²) < 4.78 is 17.5. The van der Waals surface area contributed by atoms with Gasteiger partial charge in [-0.25, -0.2) is 0 Å². The van der Waals surface area contributed by atoms with Crippen LogP contribution in [0.3, 0.4) is 0 Å². The minimum Gasteiger partial charge on any atom is -0.494 e. The molecule has 2 aromatic rings. The van der Waals surface area contributed by atoms with Crippen molar-refractivity contribution in [3.63, 3.8) is 0 Å². The molecule has 2 saturated heterocycles. The lowest BCUT2D eigenvalue weighted by Gasteiger charge is -2.39. The van der Waals surface area contributed by atoms with Crippen LogP contribution in [0.25, 0.3) is 0 Å². The van der Waals surface area contributed by atoms with Crippen LogP contribution in [0, 0.1) is 12.3 Å². The minimum atomic E-state index is -1.54. The number of carbonyl (C=O) groups excluding carboxylic acids is 1. The second-order valence-electron chi connectivity index (χ2n) is 13.2. The Balaban J connectivity index is 1.30. The van der Waals surface area contributed by atoms with Gasteiger partial charge in [-0.2, -0.15) is 0 Å². The first kappa shape index (κ1) is 35.1. The molecule has 0 aliphatic carbocycles. The summed E-state index contributed by atoms with van der Waals surface area (Å²) in [6.45, 7) is 13.5. The number of carbonyl (C=O) groups is 1. The van der Waals surface area contributed by atoms with Crippen molar-refractivity contribution in [2.24, 2.45) is 5.41 Å². The molecule has 0 bridgehead atoms. The summed E-state index contributed by atoms with van der Waals surface area (Å²) in [6.07, 6.45) is -2.71. The molecule has 0 saturated carbocycles. The van der Waals surface area contributed by atoms with E-state index in [2.05, 4.69) is 29.4 Å². The van der Waals surface area contributed by atoms with E-state index in [9.17, 15) is 25.2 Å². The number of hydrogen-bond acceptors (Lipinski definition) is 10. The quantitative estimate of drug-likeness (QED) is 0.169. The number of benzene rings is 1. The SMILES string of the molecule is Cc1cc(OCCCCCC(C)(C)C(=O)N2CCNCC2)ccc1Cc1c(O[C@@H]2O[C@H](CO)[C@@H](O)[C@H](O)[C@H]2O)n[nH]c1C(C)C. The van der Waals surface area contributed by atoms with Gasteiger partial charge in [0.1, 0.15) is 30.2 Å². The Morgan fingerprint density at radius 1 is 1.11 bits per heavy atom. The molecule has 5 atom stereocenters. The van der Waals surface area contributed by atoms with Crippen LogP contribution in [0.2, 0.25) is 0 Å². The lowest BCUT2D eigenvalue weighted by atomic mass is 9.85. The number of rotatable bonds is 14. The average molecular weight is 633 g/mol. The second-order valence-corrected chi connectivity index (χ2v) is 13.2. The van der Waals surface area contributed by atoms with Crippen LogP contribution in [0.5, 0.6) is 11.6 Å². The zero-order valence-electron chi connectivity index (χ0n) is 27.3. The molecule has 0 spiro atoms. The maximum Gasteiger partial charge on any atom is 0.238 e. The summed E-state index contributed by atoms with van der Waals surface area (Å²) >= 11 is 0. The van der Waals surface area contributed by atoms with E-state index < -0.39 is 37.3 Å². The van der Waals surface area contributed by atoms with Crippen LogP contribution in [-0.2, 0) is 16.0 Å². The lowest BCUT2D eigenvalue weighted by molar-refractivity contribution is -0.278. The molecular formula is C33H52N4O8. The number of aryl methyl sites for hydroxylation is 1. The molecule has 12 heteroatoms. The van der Waals surface area contributed by atoms with Crippen molar-refractivity contribution in [3.05, 3.63) is 40.6 Å². The maximum atomic E-state index is 12.9. The molecular weight excluding hydrogens is 580 g/mol. The molecule has 252 valence electrons. The molecule has 1 aromatic carbocycles. The Morgan fingerprint density at radius 3 is 2.51 bits per heavy atom. The number of unbranched alkanes of at least 4 members (excludes halogenated alkanes) is 2. The fraction of sp³-hybridized carbons (Fsp3) is 0.697. The van der Waals surface area contributed by atoms with Crippen LogP contribution >= 0.6 is 0 Å². The largest absolute Gasteiger partial charge is 0.494 e. The first-order valence-electron chi connectivity index (χ1n) is 16.2. The number of aromatic amines is 1. The molecule has 1 amide bonds. The number of ether oxygens (including phenoxy) is 3. The number of nitrogens with zero attached hydrogens (tertiary/aromatic N) is 2. The van der Waals surface area contributed by atoms with Crippen molar-refractivity contribution in [2.75, 3.05) is 39.4 Å². The highest BCUT2D eigenvalue weighted by Crippen LogP contribution is 2.32. The van der Waals surface area contributed by atoms with Crippen molar-refractivity contribution in [1.29, 1.82) is 0 Å². The van der Waals surface area contributed by atoms with E-state index in [0.717, 1.165) is 80.0 Å². The predicted molar refractivity (Wildman–Crippen MR) is 168 cm³/mol. The number of hydrogen-bond donors (Lipinski definition) is 6. The molecule has 2 fully saturated rings. The first-order valence-corrected chi connectivity index (χ1v) is 16.2. The van der Waals surface area contributed by atoms with Gasteiger partial charge in [0.2, 0.25) is 18.1 Å². The third-order valence-corrected chi connectivity index (χ3v) is 8.89.